The van der Waals surface area contributed by atoms with E-state index in [0.29, 0.717) is 11.3 Å². The van der Waals surface area contributed by atoms with Crippen molar-refractivity contribution in [2.75, 3.05) is 13.7 Å². The molecule has 0 N–H and O–H groups in total. The number of hydrogen-bond acceptors (Lipinski definition) is 6. The van der Waals surface area contributed by atoms with E-state index in [4.69, 9.17) is 10.00 Å². The molecular formula is C18H16N4O3S. The molecular weight excluding hydrogens is 352 g/mol. The van der Waals surface area contributed by atoms with Crippen molar-refractivity contribution < 1.29 is 13.2 Å². The van der Waals surface area contributed by atoms with Crippen LogP contribution in [-0.4, -0.2) is 39.1 Å². The number of nitrogens with zero attached hydrogens (tertiary/aromatic N) is 4. The molecule has 0 aliphatic carbocycles. The lowest BCUT2D eigenvalue weighted by atomic mass is 10.2. The Morgan fingerprint density at radius 1 is 1.23 bits per heavy atom. The summed E-state index contributed by atoms with van der Waals surface area (Å²) in [6, 6.07) is 15.9. The lowest BCUT2D eigenvalue weighted by Gasteiger charge is -2.17. The van der Waals surface area contributed by atoms with E-state index in [-0.39, 0.29) is 23.7 Å². The standard InChI is InChI=1S/C18H16N4O3S/c1-25-16-9-4-2-7-14(16)13-20-22(12-6-11-19)18-15-8-3-5-10-17(15)26(23,24)21-18/h2-5,7-10,13H,6,12H2,1H3/b20-13-. The number of nitriles is 1. The molecule has 0 unspecified atom stereocenters. The largest absolute Gasteiger partial charge is 0.496 e. The summed E-state index contributed by atoms with van der Waals surface area (Å²) in [5, 5.41) is 14.7. The Morgan fingerprint density at radius 3 is 2.73 bits per heavy atom. The van der Waals surface area contributed by atoms with Crippen molar-refractivity contribution >= 4 is 22.1 Å². The molecule has 26 heavy (non-hydrogen) atoms. The Balaban J connectivity index is 2.00. The first-order chi connectivity index (χ1) is 12.6. The SMILES string of the molecule is COc1ccccc1/C=N\N(CCC#N)C1=NS(=O)(=O)c2ccccc21. The van der Waals surface area contributed by atoms with Crippen molar-refractivity contribution in [3.8, 4) is 11.8 Å². The number of hydrogen-bond donors (Lipinski definition) is 0. The monoisotopic (exact) mass is 368 g/mol. The summed E-state index contributed by atoms with van der Waals surface area (Å²) in [5.41, 5.74) is 1.20. The summed E-state index contributed by atoms with van der Waals surface area (Å²) < 4.78 is 33.7. The molecule has 132 valence electrons. The third-order valence-corrected chi connectivity index (χ3v) is 5.09. The first-order valence-corrected chi connectivity index (χ1v) is 9.26. The van der Waals surface area contributed by atoms with Gasteiger partial charge in [0.15, 0.2) is 5.84 Å². The summed E-state index contributed by atoms with van der Waals surface area (Å²) in [5.74, 6) is 0.847. The van der Waals surface area contributed by atoms with Crippen LogP contribution in [0.4, 0.5) is 0 Å². The van der Waals surface area contributed by atoms with Gasteiger partial charge in [0.2, 0.25) is 0 Å². The minimum Gasteiger partial charge on any atom is -0.496 e. The molecule has 0 aromatic heterocycles. The van der Waals surface area contributed by atoms with E-state index in [1.165, 1.54) is 11.1 Å². The Bertz CT molecular complexity index is 1020. The zero-order chi connectivity index (χ0) is 18.6. The predicted octanol–water partition coefficient (Wildman–Crippen LogP) is 2.39. The zero-order valence-electron chi connectivity index (χ0n) is 14.0. The first-order valence-electron chi connectivity index (χ1n) is 7.82. The predicted molar refractivity (Wildman–Crippen MR) is 97.7 cm³/mol. The van der Waals surface area contributed by atoms with E-state index in [1.807, 2.05) is 24.3 Å². The van der Waals surface area contributed by atoms with Gasteiger partial charge in [-0.05, 0) is 24.3 Å². The summed E-state index contributed by atoms with van der Waals surface area (Å²) in [7, 11) is -2.20. The maximum atomic E-state index is 12.3. The summed E-state index contributed by atoms with van der Waals surface area (Å²) >= 11 is 0. The van der Waals surface area contributed by atoms with Gasteiger partial charge in [0.05, 0.1) is 32.4 Å². The molecule has 1 aliphatic rings. The van der Waals surface area contributed by atoms with Gasteiger partial charge < -0.3 is 4.74 Å². The molecule has 0 saturated heterocycles. The van der Waals surface area contributed by atoms with Crippen molar-refractivity contribution in [1.29, 1.82) is 5.26 Å². The first kappa shape index (κ1) is 17.6. The Hall–Kier alpha value is -3.18. The van der Waals surface area contributed by atoms with Crippen LogP contribution in [0.5, 0.6) is 5.75 Å². The van der Waals surface area contributed by atoms with Gasteiger partial charge in [0, 0.05) is 11.1 Å². The Kier molecular flexibility index (Phi) is 5.00. The summed E-state index contributed by atoms with van der Waals surface area (Å²) in [6.07, 6.45) is 1.73. The number of fused-ring (bicyclic) bond motifs is 1. The van der Waals surface area contributed by atoms with Crippen LogP contribution in [0.1, 0.15) is 17.5 Å². The van der Waals surface area contributed by atoms with Crippen LogP contribution in [0.2, 0.25) is 0 Å². The number of benzene rings is 2. The van der Waals surface area contributed by atoms with Gasteiger partial charge in [0.25, 0.3) is 10.0 Å². The van der Waals surface area contributed by atoms with Gasteiger partial charge in [-0.25, -0.2) is 5.01 Å². The molecule has 1 heterocycles. The molecule has 0 radical (unpaired) electrons. The van der Waals surface area contributed by atoms with Gasteiger partial charge in [-0.1, -0.05) is 24.3 Å². The number of methoxy groups -OCH3 is 1. The molecule has 3 rings (SSSR count). The Labute approximate surface area is 151 Å². The van der Waals surface area contributed by atoms with Crippen LogP contribution in [0.25, 0.3) is 0 Å². The highest BCUT2D eigenvalue weighted by Crippen LogP contribution is 2.27. The third kappa shape index (κ3) is 3.43. The second-order valence-corrected chi connectivity index (χ2v) is 6.98. The van der Waals surface area contributed by atoms with Crippen LogP contribution < -0.4 is 4.74 Å². The number of ether oxygens (including phenoxy) is 1. The van der Waals surface area contributed by atoms with Crippen LogP contribution in [0.15, 0.2) is 62.9 Å². The van der Waals surface area contributed by atoms with E-state index in [1.54, 1.807) is 37.6 Å². The number of sulfonamides is 1. The Morgan fingerprint density at radius 2 is 1.96 bits per heavy atom. The molecule has 7 nitrogen and oxygen atoms in total. The van der Waals surface area contributed by atoms with Crippen molar-refractivity contribution in [2.45, 2.75) is 11.3 Å². The fourth-order valence-corrected chi connectivity index (χ4v) is 3.76. The maximum Gasteiger partial charge on any atom is 0.285 e. The smallest absolute Gasteiger partial charge is 0.285 e. The summed E-state index contributed by atoms with van der Waals surface area (Å²) in [6.45, 7) is 0.213. The van der Waals surface area contributed by atoms with Gasteiger partial charge in [0.1, 0.15) is 10.6 Å². The van der Waals surface area contributed by atoms with Crippen LogP contribution >= 0.6 is 0 Å². The van der Waals surface area contributed by atoms with Crippen LogP contribution in [0, 0.1) is 11.3 Å². The van der Waals surface area contributed by atoms with Crippen molar-refractivity contribution in [3.63, 3.8) is 0 Å². The van der Waals surface area contributed by atoms with E-state index in [2.05, 4.69) is 9.50 Å². The van der Waals surface area contributed by atoms with E-state index < -0.39 is 10.0 Å². The lowest BCUT2D eigenvalue weighted by molar-refractivity contribution is 0.413. The highest BCUT2D eigenvalue weighted by molar-refractivity contribution is 7.90. The molecule has 0 amide bonds. The minimum atomic E-state index is -3.76. The highest BCUT2D eigenvalue weighted by Gasteiger charge is 2.31. The van der Waals surface area contributed by atoms with E-state index in [0.717, 1.165) is 5.56 Å². The number of para-hydroxylation sites is 1. The number of rotatable bonds is 5. The fourth-order valence-electron chi connectivity index (χ4n) is 2.55. The van der Waals surface area contributed by atoms with Crippen molar-refractivity contribution in [1.82, 2.24) is 5.01 Å². The van der Waals surface area contributed by atoms with Gasteiger partial charge >= 0.3 is 0 Å². The zero-order valence-corrected chi connectivity index (χ0v) is 14.8. The normalized spacial score (nSPS) is 14.5. The van der Waals surface area contributed by atoms with Gasteiger partial charge in [-0.15, -0.1) is 4.40 Å². The highest BCUT2D eigenvalue weighted by atomic mass is 32.2. The minimum absolute atomic E-state index is 0.143. The van der Waals surface area contributed by atoms with Crippen LogP contribution in [0.3, 0.4) is 0 Å². The molecule has 8 heteroatoms. The number of hydrazone groups is 1. The second-order valence-electron chi connectivity index (χ2n) is 5.40. The molecule has 0 spiro atoms. The van der Waals surface area contributed by atoms with Gasteiger partial charge in [-0.2, -0.15) is 18.8 Å². The lowest BCUT2D eigenvalue weighted by Crippen LogP contribution is -2.27. The quantitative estimate of drug-likeness (QED) is 0.596. The van der Waals surface area contributed by atoms with Gasteiger partial charge in [-0.3, -0.25) is 0 Å². The maximum absolute atomic E-state index is 12.3. The fraction of sp³-hybridized carbons (Fsp3) is 0.167. The third-order valence-electron chi connectivity index (χ3n) is 3.77. The topological polar surface area (TPSA) is 95.1 Å². The molecule has 1 aliphatic heterocycles. The van der Waals surface area contributed by atoms with Crippen molar-refractivity contribution in [2.24, 2.45) is 9.50 Å². The molecule has 0 atom stereocenters. The molecule has 0 saturated carbocycles. The average Bonchev–Trinajstić information content (AvgIpc) is 2.93. The van der Waals surface area contributed by atoms with E-state index in [9.17, 15) is 8.42 Å². The summed E-state index contributed by atoms with van der Waals surface area (Å²) in [4.78, 5) is 0.143. The second kappa shape index (κ2) is 7.37. The molecule has 2 aromatic rings. The molecule has 2 aromatic carbocycles. The van der Waals surface area contributed by atoms with Crippen molar-refractivity contribution in [3.05, 3.63) is 59.7 Å². The number of amidine groups is 1. The average molecular weight is 368 g/mol. The van der Waals surface area contributed by atoms with Crippen LogP contribution in [-0.2, 0) is 10.0 Å². The van der Waals surface area contributed by atoms with E-state index >= 15 is 0 Å². The molecule has 0 bridgehead atoms. The molecule has 0 fully saturated rings.